The van der Waals surface area contributed by atoms with Crippen molar-refractivity contribution in [2.24, 2.45) is 0 Å². The Morgan fingerprint density at radius 1 is 0.360 bits per heavy atom. The monoisotopic (exact) mass is 730 g/mol. The third-order valence-corrected chi connectivity index (χ3v) is 40.3. The van der Waals surface area contributed by atoms with E-state index in [9.17, 15) is 0 Å². The fourth-order valence-corrected chi connectivity index (χ4v) is 30.6. The van der Waals surface area contributed by atoms with Crippen LogP contribution in [0.15, 0.2) is 146 Å². The average molecular weight is 731 g/mol. The maximum atomic E-state index is 19.0. The first-order chi connectivity index (χ1) is 23.8. The van der Waals surface area contributed by atoms with Gasteiger partial charge in [-0.3, -0.25) is 0 Å². The van der Waals surface area contributed by atoms with Crippen LogP contribution in [0.25, 0.3) is 10.8 Å². The van der Waals surface area contributed by atoms with Gasteiger partial charge in [0.15, 0.2) is 0 Å². The Morgan fingerprint density at radius 2 is 0.600 bits per heavy atom. The van der Waals surface area contributed by atoms with E-state index < -0.39 is 31.0 Å². The molecule has 0 amide bonds. The molecule has 2 atom stereocenters. The van der Waals surface area contributed by atoms with Crippen LogP contribution in [0.5, 0.6) is 0 Å². The van der Waals surface area contributed by atoms with Crippen molar-refractivity contribution >= 4 is 84.3 Å². The molecular weight excluding hydrogens is 683 g/mol. The Hall–Kier alpha value is -4.09. The van der Waals surface area contributed by atoms with Gasteiger partial charge in [-0.15, -0.1) is 0 Å². The molecule has 6 rings (SSSR count). The van der Waals surface area contributed by atoms with Crippen molar-refractivity contribution in [3.05, 3.63) is 146 Å². The molecule has 0 bridgehead atoms. The molecule has 2 unspecified atom stereocenters. The van der Waals surface area contributed by atoms with Gasteiger partial charge in [-0.05, 0) is 35.6 Å². The Morgan fingerprint density at radius 3 is 0.820 bits per heavy atom. The van der Waals surface area contributed by atoms with Crippen molar-refractivity contribution in [2.45, 2.75) is 26.2 Å². The van der Waals surface area contributed by atoms with Gasteiger partial charge in [-0.2, -0.15) is 0 Å². The van der Waals surface area contributed by atoms with Crippen molar-refractivity contribution < 1.29 is 8.22 Å². The van der Waals surface area contributed by atoms with Gasteiger partial charge in [-0.25, -0.2) is 0 Å². The summed E-state index contributed by atoms with van der Waals surface area (Å²) in [5.41, 5.74) is 1.84. The molecule has 256 valence electrons. The minimum Gasteiger partial charge on any atom is -0.377 e. The lowest BCUT2D eigenvalue weighted by Gasteiger charge is -2.41. The lowest BCUT2D eigenvalue weighted by Crippen LogP contribution is -2.77. The molecule has 0 aliphatic heterocycles. The fraction of sp³-hybridized carbons (Fsp3) is 0.190. The molecule has 2 nitrogen and oxygen atoms in total. The number of halogens is 2. The molecular formula is C42H48F2N2Si4. The molecule has 6 aromatic rings. The van der Waals surface area contributed by atoms with E-state index in [1.54, 1.807) is 0 Å². The summed E-state index contributed by atoms with van der Waals surface area (Å²) in [4.78, 5) is 4.15. The first-order valence-electron chi connectivity index (χ1n) is 17.3. The van der Waals surface area contributed by atoms with Crippen LogP contribution in [-0.4, -0.2) is 59.2 Å². The zero-order valence-corrected chi connectivity index (χ0v) is 34.5. The van der Waals surface area contributed by atoms with Gasteiger partial charge >= 0.3 is 0 Å². The Balaban J connectivity index is 1.75. The smallest absolute Gasteiger partial charge is 0.270 e. The first kappa shape index (κ1) is 35.7. The highest BCUT2D eigenvalue weighted by atomic mass is 29.3. The molecule has 6 aromatic carbocycles. The Labute approximate surface area is 301 Å². The highest BCUT2D eigenvalue weighted by Crippen LogP contribution is 2.37. The Kier molecular flexibility index (Phi) is 9.69. The minimum absolute atomic E-state index is 0.748. The molecule has 0 aliphatic carbocycles. The van der Waals surface area contributed by atoms with Crippen LogP contribution in [0.4, 0.5) is 19.6 Å². The van der Waals surface area contributed by atoms with E-state index in [2.05, 4.69) is 83.6 Å². The van der Waals surface area contributed by atoms with Gasteiger partial charge < -0.3 is 18.0 Å². The van der Waals surface area contributed by atoms with E-state index in [4.69, 9.17) is 0 Å². The summed E-state index contributed by atoms with van der Waals surface area (Å²) in [6.45, 7) is 8.23. The third kappa shape index (κ3) is 5.62. The molecule has 0 saturated heterocycles. The van der Waals surface area contributed by atoms with Crippen molar-refractivity contribution in [2.75, 3.05) is 38.0 Å². The first-order valence-corrected chi connectivity index (χ1v) is 29.1. The van der Waals surface area contributed by atoms with Crippen molar-refractivity contribution in [3.63, 3.8) is 0 Å². The quantitative estimate of drug-likeness (QED) is 0.119. The lowest BCUT2D eigenvalue weighted by atomic mass is 10.1. The average Bonchev–Trinajstić information content (AvgIpc) is 3.14. The molecule has 0 heterocycles. The normalized spacial score (nSPS) is 14.5. The van der Waals surface area contributed by atoms with Crippen molar-refractivity contribution in [1.29, 1.82) is 0 Å². The lowest BCUT2D eigenvalue weighted by molar-refractivity contribution is 0.838. The Bertz CT molecular complexity index is 1860. The summed E-state index contributed by atoms with van der Waals surface area (Å²) >= 11 is 0. The molecule has 0 fully saturated rings. The summed E-state index contributed by atoms with van der Waals surface area (Å²) in [5, 5.41) is 7.52. The van der Waals surface area contributed by atoms with Crippen LogP contribution in [-0.2, 0) is 0 Å². The largest absolute Gasteiger partial charge is 0.377 e. The highest BCUT2D eigenvalue weighted by molar-refractivity contribution is 7.54. The number of anilines is 2. The SMILES string of the molecule is CN(C)c1ccc([Si](C)(F)[Si](C)(c2ccccc2)c2ccccc2)c2c(N(C)C)ccc([Si](C)(F)[Si](C)(c3ccccc3)c3ccccc3)c12. The summed E-state index contributed by atoms with van der Waals surface area (Å²) in [6.07, 6.45) is 0. The van der Waals surface area contributed by atoms with E-state index in [0.717, 1.165) is 53.3 Å². The number of benzene rings is 6. The topological polar surface area (TPSA) is 6.48 Å². The predicted molar refractivity (Wildman–Crippen MR) is 225 cm³/mol. The van der Waals surface area contributed by atoms with Crippen LogP contribution in [0, 0.1) is 0 Å². The summed E-state index contributed by atoms with van der Waals surface area (Å²) < 4.78 is 38.1. The highest BCUT2D eigenvalue weighted by Gasteiger charge is 2.57. The van der Waals surface area contributed by atoms with Gasteiger partial charge in [0.25, 0.3) is 15.9 Å². The van der Waals surface area contributed by atoms with Gasteiger partial charge in [0, 0.05) is 50.3 Å². The van der Waals surface area contributed by atoms with Gasteiger partial charge in [0.1, 0.15) is 15.2 Å². The molecule has 0 aliphatic rings. The molecule has 0 N–H and O–H groups in total. The van der Waals surface area contributed by atoms with Crippen LogP contribution in [0.1, 0.15) is 0 Å². The number of fused-ring (bicyclic) bond motifs is 1. The van der Waals surface area contributed by atoms with Crippen molar-refractivity contribution in [1.82, 2.24) is 0 Å². The van der Waals surface area contributed by atoms with E-state index in [0.29, 0.717) is 0 Å². The van der Waals surface area contributed by atoms with Crippen LogP contribution in [0.3, 0.4) is 0 Å². The van der Waals surface area contributed by atoms with Gasteiger partial charge in [0.2, 0.25) is 0 Å². The van der Waals surface area contributed by atoms with E-state index >= 15 is 8.22 Å². The van der Waals surface area contributed by atoms with Crippen LogP contribution >= 0.6 is 0 Å². The van der Waals surface area contributed by atoms with E-state index in [-0.39, 0.29) is 0 Å². The summed E-state index contributed by atoms with van der Waals surface area (Å²) in [7, 11) is -5.74. The number of rotatable bonds is 10. The molecule has 0 radical (unpaired) electrons. The van der Waals surface area contributed by atoms with Gasteiger partial charge in [0.05, 0.1) is 0 Å². The summed E-state index contributed by atoms with van der Waals surface area (Å²) in [6, 6.07) is 49.4. The number of hydrogen-bond acceptors (Lipinski definition) is 2. The second-order valence-electron chi connectivity index (χ2n) is 14.5. The maximum absolute atomic E-state index is 19.0. The van der Waals surface area contributed by atoms with Crippen LogP contribution < -0.4 is 40.9 Å². The number of nitrogens with zero attached hydrogens (tertiary/aromatic N) is 2. The summed E-state index contributed by atoms with van der Waals surface area (Å²) in [5.74, 6) is 0. The molecule has 0 aromatic heterocycles. The number of hydrogen-bond donors (Lipinski definition) is 0. The molecule has 0 spiro atoms. The molecule has 50 heavy (non-hydrogen) atoms. The van der Waals surface area contributed by atoms with Crippen molar-refractivity contribution in [3.8, 4) is 0 Å². The second-order valence-corrected chi connectivity index (χ2v) is 38.1. The zero-order valence-electron chi connectivity index (χ0n) is 30.5. The zero-order chi connectivity index (χ0) is 35.9. The molecule has 8 heteroatoms. The third-order valence-electron chi connectivity index (χ3n) is 11.4. The van der Waals surface area contributed by atoms with E-state index in [1.165, 1.54) is 0 Å². The predicted octanol–water partition coefficient (Wildman–Crippen LogP) is 6.42. The maximum Gasteiger partial charge on any atom is 0.270 e. The standard InChI is InChI=1S/C42H48F2N2Si4/c1-45(2)37-29-31-40(50(8,44)48(6,35-25-17-11-18-26-35)36-27-19-12-20-28-36)42-38(46(3)4)30-32-39(41(37)42)49(7,43)47(5,33-21-13-9-14-22-33)34-23-15-10-16-24-34/h9-32H,1-8H3. The second kappa shape index (κ2) is 13.6. The van der Waals surface area contributed by atoms with E-state index in [1.807, 2.05) is 126 Å². The fourth-order valence-electron chi connectivity index (χ4n) is 8.03. The van der Waals surface area contributed by atoms with Crippen LogP contribution in [0.2, 0.25) is 26.2 Å². The van der Waals surface area contributed by atoms with Gasteiger partial charge in [-0.1, -0.05) is 167 Å². The molecule has 0 saturated carbocycles. The minimum atomic E-state index is -3.87.